The molecule has 2 rings (SSSR count). The second kappa shape index (κ2) is 1.70. The molecular formula is C7H11F2N. The molecule has 10 heavy (non-hydrogen) atoms. The maximum atomic E-state index is 12.6. The first-order chi connectivity index (χ1) is 4.59. The molecule has 2 fully saturated rings. The van der Waals surface area contributed by atoms with Crippen LogP contribution in [-0.2, 0) is 0 Å². The molecule has 1 nitrogen and oxygen atoms in total. The van der Waals surface area contributed by atoms with Crippen molar-refractivity contribution >= 4 is 0 Å². The number of likely N-dealkylation sites (tertiary alicyclic amines) is 1. The van der Waals surface area contributed by atoms with E-state index in [0.717, 1.165) is 6.54 Å². The van der Waals surface area contributed by atoms with E-state index in [2.05, 4.69) is 0 Å². The van der Waals surface area contributed by atoms with E-state index in [-0.39, 0.29) is 12.3 Å². The summed E-state index contributed by atoms with van der Waals surface area (Å²) in [4.78, 5) is 2.00. The van der Waals surface area contributed by atoms with Crippen molar-refractivity contribution in [3.63, 3.8) is 0 Å². The van der Waals surface area contributed by atoms with Gasteiger partial charge in [0.25, 0.3) is 5.92 Å². The Morgan fingerprint density at radius 2 is 2.10 bits per heavy atom. The minimum Gasteiger partial charge on any atom is -0.306 e. The number of alkyl halides is 2. The van der Waals surface area contributed by atoms with Gasteiger partial charge in [-0.3, -0.25) is 0 Å². The summed E-state index contributed by atoms with van der Waals surface area (Å²) in [5.41, 5.74) is 0. The van der Waals surface area contributed by atoms with E-state index in [4.69, 9.17) is 0 Å². The third-order valence-electron chi connectivity index (χ3n) is 2.70. The van der Waals surface area contributed by atoms with E-state index in [1.165, 1.54) is 0 Å². The maximum Gasteiger partial charge on any atom is 0.252 e. The normalized spacial score (nSPS) is 44.7. The molecule has 2 atom stereocenters. The van der Waals surface area contributed by atoms with Gasteiger partial charge in [0.1, 0.15) is 0 Å². The molecular weight excluding hydrogens is 136 g/mol. The van der Waals surface area contributed by atoms with Crippen LogP contribution >= 0.6 is 0 Å². The first-order valence-electron chi connectivity index (χ1n) is 3.66. The molecule has 0 amide bonds. The molecule has 1 aliphatic carbocycles. The van der Waals surface area contributed by atoms with Gasteiger partial charge in [0.05, 0.1) is 0 Å². The summed E-state index contributed by atoms with van der Waals surface area (Å²) in [7, 11) is 1.91. The van der Waals surface area contributed by atoms with Crippen LogP contribution in [0.25, 0.3) is 0 Å². The van der Waals surface area contributed by atoms with E-state index in [0.29, 0.717) is 12.5 Å². The van der Waals surface area contributed by atoms with Crippen LogP contribution in [0.5, 0.6) is 0 Å². The standard InChI is InChI=1S/C7H11F2N/c1-10-3-5-2-7(8,9)6(5)4-10/h5-6H,2-4H2,1H3/t5-,6+/m0/s1. The summed E-state index contributed by atoms with van der Waals surface area (Å²) in [6, 6.07) is 0. The summed E-state index contributed by atoms with van der Waals surface area (Å²) in [6.45, 7) is 1.47. The second-order valence-corrected chi connectivity index (χ2v) is 3.55. The van der Waals surface area contributed by atoms with E-state index in [1.54, 1.807) is 0 Å². The molecule has 0 N–H and O–H groups in total. The Morgan fingerprint density at radius 3 is 2.50 bits per heavy atom. The molecule has 0 aromatic rings. The fourth-order valence-corrected chi connectivity index (χ4v) is 2.11. The van der Waals surface area contributed by atoms with Crippen LogP contribution in [0.3, 0.4) is 0 Å². The van der Waals surface area contributed by atoms with Crippen LogP contribution < -0.4 is 0 Å². The van der Waals surface area contributed by atoms with Crippen LogP contribution in [0.4, 0.5) is 8.78 Å². The summed E-state index contributed by atoms with van der Waals surface area (Å²) in [5, 5.41) is 0. The molecule has 2 aliphatic rings. The van der Waals surface area contributed by atoms with Crippen molar-refractivity contribution in [2.45, 2.75) is 12.3 Å². The zero-order valence-corrected chi connectivity index (χ0v) is 5.98. The Kier molecular flexibility index (Phi) is 1.11. The molecule has 1 heterocycles. The Hall–Kier alpha value is -0.180. The van der Waals surface area contributed by atoms with Gasteiger partial charge in [-0.1, -0.05) is 0 Å². The average molecular weight is 147 g/mol. The predicted octanol–water partition coefficient (Wildman–Crippen LogP) is 1.20. The lowest BCUT2D eigenvalue weighted by Crippen LogP contribution is -2.46. The topological polar surface area (TPSA) is 3.24 Å². The molecule has 1 aliphatic heterocycles. The highest BCUT2D eigenvalue weighted by molar-refractivity contribution is 5.01. The fraction of sp³-hybridized carbons (Fsp3) is 1.00. The molecule has 1 saturated carbocycles. The average Bonchev–Trinajstić information content (AvgIpc) is 2.08. The zero-order chi connectivity index (χ0) is 7.35. The smallest absolute Gasteiger partial charge is 0.252 e. The molecule has 0 unspecified atom stereocenters. The minimum absolute atomic E-state index is 0.127. The second-order valence-electron chi connectivity index (χ2n) is 3.55. The first kappa shape index (κ1) is 6.53. The van der Waals surface area contributed by atoms with Crippen LogP contribution in [-0.4, -0.2) is 31.0 Å². The van der Waals surface area contributed by atoms with E-state index < -0.39 is 5.92 Å². The lowest BCUT2D eigenvalue weighted by Gasteiger charge is -2.38. The molecule has 0 spiro atoms. The number of hydrogen-bond acceptors (Lipinski definition) is 1. The Morgan fingerprint density at radius 1 is 1.40 bits per heavy atom. The van der Waals surface area contributed by atoms with Crippen molar-refractivity contribution in [3.8, 4) is 0 Å². The van der Waals surface area contributed by atoms with Crippen LogP contribution in [0.1, 0.15) is 6.42 Å². The number of rotatable bonds is 0. The summed E-state index contributed by atoms with van der Waals surface area (Å²) >= 11 is 0. The highest BCUT2D eigenvalue weighted by Crippen LogP contribution is 2.51. The lowest BCUT2D eigenvalue weighted by molar-refractivity contribution is -0.152. The number of hydrogen-bond donors (Lipinski definition) is 0. The van der Waals surface area contributed by atoms with Gasteiger partial charge in [0.15, 0.2) is 0 Å². The van der Waals surface area contributed by atoms with E-state index >= 15 is 0 Å². The van der Waals surface area contributed by atoms with Gasteiger partial charge in [0, 0.05) is 25.4 Å². The van der Waals surface area contributed by atoms with Crippen LogP contribution in [0.2, 0.25) is 0 Å². The van der Waals surface area contributed by atoms with Gasteiger partial charge < -0.3 is 4.90 Å². The quantitative estimate of drug-likeness (QED) is 0.497. The SMILES string of the molecule is CN1C[C@@H]2CC(F)(F)[C@@H]2C1. The summed E-state index contributed by atoms with van der Waals surface area (Å²) in [6.07, 6.45) is 0.127. The van der Waals surface area contributed by atoms with Gasteiger partial charge >= 0.3 is 0 Å². The van der Waals surface area contributed by atoms with Crippen molar-refractivity contribution in [1.29, 1.82) is 0 Å². The molecule has 0 bridgehead atoms. The van der Waals surface area contributed by atoms with E-state index in [1.807, 2.05) is 11.9 Å². The highest BCUT2D eigenvalue weighted by atomic mass is 19.3. The Bertz CT molecular complexity index is 158. The van der Waals surface area contributed by atoms with Crippen molar-refractivity contribution in [2.75, 3.05) is 20.1 Å². The van der Waals surface area contributed by atoms with Crippen molar-refractivity contribution in [1.82, 2.24) is 4.90 Å². The molecule has 1 saturated heterocycles. The lowest BCUT2D eigenvalue weighted by atomic mass is 9.72. The number of fused-ring (bicyclic) bond motifs is 1. The monoisotopic (exact) mass is 147 g/mol. The zero-order valence-electron chi connectivity index (χ0n) is 5.98. The molecule has 0 aromatic carbocycles. The molecule has 0 radical (unpaired) electrons. The summed E-state index contributed by atoms with van der Waals surface area (Å²) in [5.74, 6) is -2.37. The predicted molar refractivity (Wildman–Crippen MR) is 34.0 cm³/mol. The largest absolute Gasteiger partial charge is 0.306 e. The third-order valence-corrected chi connectivity index (χ3v) is 2.70. The van der Waals surface area contributed by atoms with Gasteiger partial charge in [-0.2, -0.15) is 0 Å². The molecule has 58 valence electrons. The number of nitrogens with zero attached hydrogens (tertiary/aromatic N) is 1. The minimum atomic E-state index is -2.34. The van der Waals surface area contributed by atoms with Gasteiger partial charge in [0.2, 0.25) is 0 Å². The van der Waals surface area contributed by atoms with Crippen molar-refractivity contribution in [3.05, 3.63) is 0 Å². The van der Waals surface area contributed by atoms with E-state index in [9.17, 15) is 8.78 Å². The summed E-state index contributed by atoms with van der Waals surface area (Å²) < 4.78 is 25.3. The van der Waals surface area contributed by atoms with Gasteiger partial charge in [-0.25, -0.2) is 8.78 Å². The maximum absolute atomic E-state index is 12.6. The third kappa shape index (κ3) is 0.698. The molecule has 0 aromatic heterocycles. The Balaban J connectivity index is 2.06. The van der Waals surface area contributed by atoms with Gasteiger partial charge in [-0.15, -0.1) is 0 Å². The van der Waals surface area contributed by atoms with Crippen molar-refractivity contribution < 1.29 is 8.78 Å². The Labute approximate surface area is 59.0 Å². The molecule has 3 heteroatoms. The first-order valence-corrected chi connectivity index (χ1v) is 3.66. The van der Waals surface area contributed by atoms with Crippen molar-refractivity contribution in [2.24, 2.45) is 11.8 Å². The fourth-order valence-electron chi connectivity index (χ4n) is 2.11. The number of halogens is 2. The van der Waals surface area contributed by atoms with Gasteiger partial charge in [-0.05, 0) is 13.0 Å². The van der Waals surface area contributed by atoms with Crippen LogP contribution in [0, 0.1) is 11.8 Å². The van der Waals surface area contributed by atoms with Crippen LogP contribution in [0.15, 0.2) is 0 Å². The highest BCUT2D eigenvalue weighted by Gasteiger charge is 2.58.